The average Bonchev–Trinajstić information content (AvgIpc) is 3.02. The van der Waals surface area contributed by atoms with E-state index in [1.54, 1.807) is 0 Å². The first kappa shape index (κ1) is 15.1. The highest BCUT2D eigenvalue weighted by molar-refractivity contribution is 6.06. The minimum Gasteiger partial charge on any atom is -0.325 e. The molecule has 0 bridgehead atoms. The summed E-state index contributed by atoms with van der Waals surface area (Å²) in [4.78, 5) is 15.1. The van der Waals surface area contributed by atoms with Crippen LogP contribution in [0.3, 0.4) is 0 Å². The van der Waals surface area contributed by atoms with E-state index in [0.717, 1.165) is 38.2 Å². The molecule has 0 radical (unpaired) electrons. The number of nitrogens with one attached hydrogen (secondary N) is 3. The highest BCUT2D eigenvalue weighted by Crippen LogP contribution is 2.44. The molecule has 5 heteroatoms. The van der Waals surface area contributed by atoms with E-state index in [9.17, 15) is 4.79 Å². The molecule has 0 aliphatic carbocycles. The topological polar surface area (TPSA) is 56.4 Å². The number of likely N-dealkylation sites (tertiary alicyclic amines) is 1. The predicted octanol–water partition coefficient (Wildman–Crippen LogP) is 1.47. The Kier molecular flexibility index (Phi) is 3.67. The van der Waals surface area contributed by atoms with E-state index in [0.29, 0.717) is 18.0 Å². The van der Waals surface area contributed by atoms with Crippen molar-refractivity contribution in [1.29, 1.82) is 0 Å². The molecule has 1 aromatic carbocycles. The van der Waals surface area contributed by atoms with Crippen molar-refractivity contribution in [2.75, 3.05) is 25.0 Å². The molecule has 5 nitrogen and oxygen atoms in total. The lowest BCUT2D eigenvalue weighted by Crippen LogP contribution is -2.49. The SMILES string of the molecule is CC1NNC(C)C1CN1CCC2(CC1)C(=O)Nc1ccccc12. The van der Waals surface area contributed by atoms with Crippen LogP contribution in [0.4, 0.5) is 5.69 Å². The van der Waals surface area contributed by atoms with E-state index in [2.05, 4.69) is 41.0 Å². The fourth-order valence-electron chi connectivity index (χ4n) is 4.51. The number of nitrogens with zero attached hydrogens (tertiary/aromatic N) is 1. The number of carbonyl (C=O) groups excluding carboxylic acids is 1. The first-order chi connectivity index (χ1) is 11.1. The number of anilines is 1. The summed E-state index contributed by atoms with van der Waals surface area (Å²) in [5, 5.41) is 3.08. The van der Waals surface area contributed by atoms with Crippen LogP contribution >= 0.6 is 0 Å². The van der Waals surface area contributed by atoms with Crippen molar-refractivity contribution < 1.29 is 4.79 Å². The monoisotopic (exact) mass is 314 g/mol. The number of piperidine rings is 1. The highest BCUT2D eigenvalue weighted by Gasteiger charge is 2.48. The Morgan fingerprint density at radius 3 is 2.48 bits per heavy atom. The summed E-state index contributed by atoms with van der Waals surface area (Å²) in [5.74, 6) is 0.818. The zero-order valence-electron chi connectivity index (χ0n) is 13.9. The maximum atomic E-state index is 12.6. The van der Waals surface area contributed by atoms with E-state index in [4.69, 9.17) is 0 Å². The third kappa shape index (κ3) is 2.38. The summed E-state index contributed by atoms with van der Waals surface area (Å²) in [6.07, 6.45) is 1.85. The molecule has 1 amide bonds. The molecule has 0 saturated carbocycles. The fraction of sp³-hybridized carbons (Fsp3) is 0.611. The fourth-order valence-corrected chi connectivity index (χ4v) is 4.51. The molecule has 3 aliphatic heterocycles. The first-order valence-electron chi connectivity index (χ1n) is 8.74. The van der Waals surface area contributed by atoms with Gasteiger partial charge in [-0.15, -0.1) is 0 Å². The van der Waals surface area contributed by atoms with Crippen LogP contribution in [0.25, 0.3) is 0 Å². The van der Waals surface area contributed by atoms with Gasteiger partial charge in [-0.1, -0.05) is 18.2 Å². The van der Waals surface area contributed by atoms with Crippen molar-refractivity contribution >= 4 is 11.6 Å². The summed E-state index contributed by atoms with van der Waals surface area (Å²) in [6, 6.07) is 9.18. The summed E-state index contributed by atoms with van der Waals surface area (Å²) in [5.41, 5.74) is 8.59. The van der Waals surface area contributed by atoms with Crippen molar-refractivity contribution in [2.24, 2.45) is 5.92 Å². The summed E-state index contributed by atoms with van der Waals surface area (Å²) in [6.45, 7) is 7.58. The second-order valence-electron chi connectivity index (χ2n) is 7.41. The van der Waals surface area contributed by atoms with Crippen molar-refractivity contribution in [1.82, 2.24) is 15.8 Å². The number of hydrazine groups is 1. The van der Waals surface area contributed by atoms with Gasteiger partial charge in [-0.25, -0.2) is 0 Å². The number of fused-ring (bicyclic) bond motifs is 2. The number of para-hydroxylation sites is 1. The largest absolute Gasteiger partial charge is 0.325 e. The van der Waals surface area contributed by atoms with Gasteiger partial charge in [-0.2, -0.15) is 0 Å². The number of amides is 1. The van der Waals surface area contributed by atoms with E-state index >= 15 is 0 Å². The van der Waals surface area contributed by atoms with Crippen LogP contribution in [0.1, 0.15) is 32.3 Å². The lowest BCUT2D eigenvalue weighted by Gasteiger charge is -2.39. The Morgan fingerprint density at radius 2 is 1.78 bits per heavy atom. The van der Waals surface area contributed by atoms with Crippen molar-refractivity contribution in [2.45, 2.75) is 44.2 Å². The van der Waals surface area contributed by atoms with E-state index in [1.807, 2.05) is 18.2 Å². The van der Waals surface area contributed by atoms with E-state index in [-0.39, 0.29) is 11.3 Å². The molecule has 23 heavy (non-hydrogen) atoms. The second kappa shape index (κ2) is 5.58. The van der Waals surface area contributed by atoms with Gasteiger partial charge in [0.15, 0.2) is 0 Å². The van der Waals surface area contributed by atoms with Gasteiger partial charge in [0, 0.05) is 30.2 Å². The maximum Gasteiger partial charge on any atom is 0.235 e. The Balaban J connectivity index is 1.46. The van der Waals surface area contributed by atoms with E-state index < -0.39 is 0 Å². The first-order valence-corrected chi connectivity index (χ1v) is 8.74. The molecule has 0 aromatic heterocycles. The van der Waals surface area contributed by atoms with Gasteiger partial charge < -0.3 is 10.2 Å². The smallest absolute Gasteiger partial charge is 0.235 e. The van der Waals surface area contributed by atoms with Crippen LogP contribution in [0, 0.1) is 5.92 Å². The van der Waals surface area contributed by atoms with E-state index in [1.165, 1.54) is 5.56 Å². The van der Waals surface area contributed by atoms with Crippen molar-refractivity contribution in [3.8, 4) is 0 Å². The molecule has 3 aliphatic rings. The van der Waals surface area contributed by atoms with Gasteiger partial charge in [0.05, 0.1) is 5.41 Å². The quantitative estimate of drug-likeness (QED) is 0.774. The minimum absolute atomic E-state index is 0.198. The van der Waals surface area contributed by atoms with Crippen LogP contribution in [-0.4, -0.2) is 42.5 Å². The van der Waals surface area contributed by atoms with Crippen LogP contribution in [0.5, 0.6) is 0 Å². The predicted molar refractivity (Wildman–Crippen MR) is 91.1 cm³/mol. The Bertz CT molecular complexity index is 599. The Morgan fingerprint density at radius 1 is 1.13 bits per heavy atom. The second-order valence-corrected chi connectivity index (χ2v) is 7.41. The average molecular weight is 314 g/mol. The molecule has 2 atom stereocenters. The molecule has 3 N–H and O–H groups in total. The third-order valence-electron chi connectivity index (χ3n) is 6.13. The standard InChI is InChI=1S/C18H26N4O/c1-12-14(13(2)21-20-12)11-22-9-7-18(8-10-22)15-5-3-4-6-16(15)19-17(18)23/h3-6,12-14,20-21H,7-11H2,1-2H3,(H,19,23). The number of hydrogen-bond donors (Lipinski definition) is 3. The zero-order chi connectivity index (χ0) is 16.0. The van der Waals surface area contributed by atoms with Gasteiger partial charge in [0.2, 0.25) is 5.91 Å². The van der Waals surface area contributed by atoms with Gasteiger partial charge in [0.1, 0.15) is 0 Å². The normalized spacial score (nSPS) is 33.0. The molecule has 4 rings (SSSR count). The molecule has 2 fully saturated rings. The van der Waals surface area contributed by atoms with Crippen molar-refractivity contribution in [3.05, 3.63) is 29.8 Å². The highest BCUT2D eigenvalue weighted by atomic mass is 16.2. The lowest BCUT2D eigenvalue weighted by molar-refractivity contribution is -0.122. The van der Waals surface area contributed by atoms with Crippen LogP contribution in [-0.2, 0) is 10.2 Å². The van der Waals surface area contributed by atoms with Gasteiger partial charge >= 0.3 is 0 Å². The molecule has 3 heterocycles. The number of benzene rings is 1. The minimum atomic E-state index is -0.295. The molecule has 2 saturated heterocycles. The third-order valence-corrected chi connectivity index (χ3v) is 6.13. The molecular weight excluding hydrogens is 288 g/mol. The summed E-state index contributed by atoms with van der Waals surface area (Å²) >= 11 is 0. The number of carbonyl (C=O) groups is 1. The number of rotatable bonds is 2. The van der Waals surface area contributed by atoms with Crippen LogP contribution in [0.15, 0.2) is 24.3 Å². The molecule has 1 spiro atoms. The molecular formula is C18H26N4O. The lowest BCUT2D eigenvalue weighted by atomic mass is 9.73. The van der Waals surface area contributed by atoms with Gasteiger partial charge in [-0.05, 0) is 51.4 Å². The summed E-state index contributed by atoms with van der Waals surface area (Å²) < 4.78 is 0. The Hall–Kier alpha value is -1.43. The van der Waals surface area contributed by atoms with Crippen LogP contribution < -0.4 is 16.2 Å². The zero-order valence-corrected chi connectivity index (χ0v) is 13.9. The van der Waals surface area contributed by atoms with Gasteiger partial charge in [-0.3, -0.25) is 15.6 Å². The number of hydrogen-bond acceptors (Lipinski definition) is 4. The maximum absolute atomic E-state index is 12.6. The van der Waals surface area contributed by atoms with Crippen molar-refractivity contribution in [3.63, 3.8) is 0 Å². The molecule has 124 valence electrons. The van der Waals surface area contributed by atoms with Gasteiger partial charge in [0.25, 0.3) is 0 Å². The molecule has 1 aromatic rings. The summed E-state index contributed by atoms with van der Waals surface area (Å²) in [7, 11) is 0. The molecule has 2 unspecified atom stereocenters. The Labute approximate surface area is 137 Å². The van der Waals surface area contributed by atoms with Crippen LogP contribution in [0.2, 0.25) is 0 Å².